The summed E-state index contributed by atoms with van der Waals surface area (Å²) in [5.74, 6) is -2.00. The summed E-state index contributed by atoms with van der Waals surface area (Å²) < 4.78 is 16.4. The second kappa shape index (κ2) is 10.3. The number of aromatic nitrogens is 4. The SMILES string of the molecule is Cc1cccn2c(C)c(/C(O)=C3\C(=O)C(=O)N(c4nnc(SCc5ccccc5F)s4)C3c3ccccc3)nc12. The topological polar surface area (TPSA) is 101 Å². The van der Waals surface area contributed by atoms with E-state index < -0.39 is 17.7 Å². The minimum atomic E-state index is -0.941. The fraction of sp³-hybridized carbons (Fsp3) is 0.138. The number of amides is 1. The van der Waals surface area contributed by atoms with Crippen LogP contribution in [-0.2, 0) is 15.3 Å². The van der Waals surface area contributed by atoms with Gasteiger partial charge in [-0.25, -0.2) is 9.37 Å². The van der Waals surface area contributed by atoms with Gasteiger partial charge < -0.3 is 9.51 Å². The molecule has 6 rings (SSSR count). The molecule has 200 valence electrons. The molecule has 0 saturated carbocycles. The van der Waals surface area contributed by atoms with Crippen LogP contribution in [0, 0.1) is 19.7 Å². The highest BCUT2D eigenvalue weighted by Crippen LogP contribution is 2.44. The molecule has 1 atom stereocenters. The number of pyridine rings is 1. The van der Waals surface area contributed by atoms with E-state index in [0.29, 0.717) is 32.6 Å². The molecular weight excluding hydrogens is 549 g/mol. The predicted octanol–water partition coefficient (Wildman–Crippen LogP) is 5.86. The van der Waals surface area contributed by atoms with Crippen LogP contribution in [-0.4, -0.2) is 36.4 Å². The molecule has 4 heterocycles. The number of Topliss-reactive ketones (excluding diaryl/α,β-unsaturated/α-hetero) is 1. The first kappa shape index (κ1) is 25.9. The standard InChI is InChI=1S/C29H22FN5O3S2/c1-16-9-8-14-34-17(2)22(31-26(16)34)24(36)21-23(18-10-4-3-5-11-18)35(27(38)25(21)37)28-32-33-29(40-28)39-15-19-12-6-7-13-20(19)30/h3-14,23,36H,15H2,1-2H3/b24-21+. The van der Waals surface area contributed by atoms with Gasteiger partial charge in [0.1, 0.15) is 17.2 Å². The Bertz CT molecular complexity index is 1820. The summed E-state index contributed by atoms with van der Waals surface area (Å²) in [5.41, 5.74) is 3.48. The van der Waals surface area contributed by atoms with Crippen LogP contribution in [0.1, 0.15) is 34.1 Å². The van der Waals surface area contributed by atoms with E-state index in [4.69, 9.17) is 0 Å². The summed E-state index contributed by atoms with van der Waals surface area (Å²) in [7, 11) is 0. The molecule has 1 fully saturated rings. The second-order valence-electron chi connectivity index (χ2n) is 9.24. The Hall–Kier alpha value is -4.35. The van der Waals surface area contributed by atoms with Gasteiger partial charge in [-0.05, 0) is 42.7 Å². The van der Waals surface area contributed by atoms with Crippen molar-refractivity contribution in [3.63, 3.8) is 0 Å². The number of anilines is 1. The lowest BCUT2D eigenvalue weighted by Crippen LogP contribution is -2.29. The fourth-order valence-electron chi connectivity index (χ4n) is 4.77. The molecule has 11 heteroatoms. The Balaban J connectivity index is 1.43. The van der Waals surface area contributed by atoms with E-state index in [2.05, 4.69) is 15.2 Å². The van der Waals surface area contributed by atoms with Crippen molar-refractivity contribution in [2.24, 2.45) is 0 Å². The number of benzene rings is 2. The summed E-state index contributed by atoms with van der Waals surface area (Å²) in [4.78, 5) is 32.9. The Morgan fingerprint density at radius 3 is 2.52 bits per heavy atom. The molecule has 8 nitrogen and oxygen atoms in total. The molecule has 1 N–H and O–H groups in total. The molecule has 5 aromatic rings. The fourth-order valence-corrected chi connectivity index (χ4v) is 6.62. The van der Waals surface area contributed by atoms with Crippen LogP contribution in [0.4, 0.5) is 9.52 Å². The average molecular weight is 572 g/mol. The summed E-state index contributed by atoms with van der Waals surface area (Å²) >= 11 is 2.41. The molecule has 1 saturated heterocycles. The number of carbonyl (C=O) groups is 2. The molecular formula is C29H22FN5O3S2. The maximum atomic E-state index is 14.1. The largest absolute Gasteiger partial charge is 0.505 e. The minimum Gasteiger partial charge on any atom is -0.505 e. The third-order valence-corrected chi connectivity index (χ3v) is 8.88. The van der Waals surface area contributed by atoms with Crippen LogP contribution >= 0.6 is 23.1 Å². The number of carbonyl (C=O) groups excluding carboxylic acids is 2. The lowest BCUT2D eigenvalue weighted by Gasteiger charge is -2.22. The number of halogens is 1. The predicted molar refractivity (Wildman–Crippen MR) is 152 cm³/mol. The monoisotopic (exact) mass is 571 g/mol. The van der Waals surface area contributed by atoms with Gasteiger partial charge in [-0.15, -0.1) is 10.2 Å². The molecule has 0 aliphatic carbocycles. The van der Waals surface area contributed by atoms with Crippen LogP contribution in [0.3, 0.4) is 0 Å². The van der Waals surface area contributed by atoms with Crippen molar-refractivity contribution < 1.29 is 19.1 Å². The molecule has 0 radical (unpaired) electrons. The second-order valence-corrected chi connectivity index (χ2v) is 11.4. The molecule has 3 aromatic heterocycles. The van der Waals surface area contributed by atoms with E-state index in [1.165, 1.54) is 22.7 Å². The number of aryl methyl sites for hydroxylation is 2. The summed E-state index contributed by atoms with van der Waals surface area (Å²) in [6.45, 7) is 3.71. The van der Waals surface area contributed by atoms with E-state index in [1.807, 2.05) is 35.7 Å². The number of nitrogens with zero attached hydrogens (tertiary/aromatic N) is 5. The highest BCUT2D eigenvalue weighted by atomic mass is 32.2. The van der Waals surface area contributed by atoms with Crippen LogP contribution in [0.5, 0.6) is 0 Å². The molecule has 2 aromatic carbocycles. The van der Waals surface area contributed by atoms with Crippen molar-refractivity contribution in [2.75, 3.05) is 4.90 Å². The molecule has 40 heavy (non-hydrogen) atoms. The van der Waals surface area contributed by atoms with E-state index in [9.17, 15) is 19.1 Å². The van der Waals surface area contributed by atoms with Gasteiger partial charge >= 0.3 is 5.91 Å². The third kappa shape index (κ3) is 4.37. The van der Waals surface area contributed by atoms with Gasteiger partial charge in [0.15, 0.2) is 10.1 Å². The zero-order valence-corrected chi connectivity index (χ0v) is 23.0. The van der Waals surface area contributed by atoms with E-state index >= 15 is 0 Å². The third-order valence-electron chi connectivity index (χ3n) is 6.78. The number of aliphatic hydroxyl groups is 1. The number of hydrogen-bond acceptors (Lipinski definition) is 8. The van der Waals surface area contributed by atoms with Crippen molar-refractivity contribution in [3.8, 4) is 0 Å². The highest BCUT2D eigenvalue weighted by Gasteiger charge is 2.48. The number of rotatable bonds is 6. The molecule has 0 bridgehead atoms. The van der Waals surface area contributed by atoms with Gasteiger partial charge in [0, 0.05) is 11.9 Å². The zero-order valence-electron chi connectivity index (χ0n) is 21.4. The van der Waals surface area contributed by atoms with Gasteiger partial charge in [-0.2, -0.15) is 0 Å². The Labute approximate surface area is 236 Å². The summed E-state index contributed by atoms with van der Waals surface area (Å²) in [6, 6.07) is 18.3. The van der Waals surface area contributed by atoms with Crippen LogP contribution in [0.15, 0.2) is 82.8 Å². The average Bonchev–Trinajstić information content (AvgIpc) is 3.64. The van der Waals surface area contributed by atoms with Gasteiger partial charge in [-0.1, -0.05) is 77.7 Å². The van der Waals surface area contributed by atoms with Gasteiger partial charge in [0.25, 0.3) is 5.78 Å². The van der Waals surface area contributed by atoms with Crippen molar-refractivity contribution in [1.29, 1.82) is 0 Å². The zero-order chi connectivity index (χ0) is 28.0. The van der Waals surface area contributed by atoms with Crippen LogP contribution in [0.2, 0.25) is 0 Å². The smallest absolute Gasteiger partial charge is 0.301 e. The number of ketones is 1. The molecule has 0 spiro atoms. The van der Waals surface area contributed by atoms with E-state index in [-0.39, 0.29) is 28.0 Å². The first-order valence-corrected chi connectivity index (χ1v) is 14.2. The van der Waals surface area contributed by atoms with Gasteiger partial charge in [-0.3, -0.25) is 14.5 Å². The number of fused-ring (bicyclic) bond motifs is 1. The van der Waals surface area contributed by atoms with Crippen molar-refractivity contribution in [3.05, 3.63) is 112 Å². The Morgan fingerprint density at radius 1 is 1.02 bits per heavy atom. The molecule has 1 amide bonds. The summed E-state index contributed by atoms with van der Waals surface area (Å²) in [5, 5.41) is 20.1. The lowest BCUT2D eigenvalue weighted by atomic mass is 9.96. The van der Waals surface area contributed by atoms with Crippen LogP contribution in [0.25, 0.3) is 11.4 Å². The van der Waals surface area contributed by atoms with Crippen molar-refractivity contribution >= 4 is 51.3 Å². The van der Waals surface area contributed by atoms with Crippen molar-refractivity contribution in [2.45, 2.75) is 30.0 Å². The summed E-state index contributed by atoms with van der Waals surface area (Å²) in [6.07, 6.45) is 1.83. The number of thioether (sulfide) groups is 1. The molecule has 1 aliphatic rings. The highest BCUT2D eigenvalue weighted by molar-refractivity contribution is 8.00. The number of imidazole rings is 1. The van der Waals surface area contributed by atoms with Gasteiger partial charge in [0.2, 0.25) is 5.13 Å². The Morgan fingerprint density at radius 2 is 1.77 bits per heavy atom. The first-order chi connectivity index (χ1) is 19.3. The quantitative estimate of drug-likeness (QED) is 0.0896. The number of aliphatic hydroxyl groups excluding tert-OH is 1. The lowest BCUT2D eigenvalue weighted by molar-refractivity contribution is -0.132. The van der Waals surface area contributed by atoms with Gasteiger partial charge in [0.05, 0.1) is 17.3 Å². The normalized spacial score (nSPS) is 16.8. The maximum Gasteiger partial charge on any atom is 0.301 e. The van der Waals surface area contributed by atoms with Crippen LogP contribution < -0.4 is 4.90 Å². The maximum absolute atomic E-state index is 14.1. The van der Waals surface area contributed by atoms with E-state index in [1.54, 1.807) is 49.4 Å². The van der Waals surface area contributed by atoms with Crippen molar-refractivity contribution in [1.82, 2.24) is 19.6 Å². The molecule has 1 unspecified atom stereocenters. The number of hydrogen-bond donors (Lipinski definition) is 1. The Kier molecular flexibility index (Phi) is 6.68. The molecule has 1 aliphatic heterocycles. The van der Waals surface area contributed by atoms with E-state index in [0.717, 1.165) is 16.9 Å². The minimum absolute atomic E-state index is 0.0730. The first-order valence-electron chi connectivity index (χ1n) is 12.4.